The first-order chi connectivity index (χ1) is 11.0. The van der Waals surface area contributed by atoms with Gasteiger partial charge in [0.25, 0.3) is 5.89 Å². The van der Waals surface area contributed by atoms with E-state index >= 15 is 0 Å². The Balaban J connectivity index is 1.48. The highest BCUT2D eigenvalue weighted by molar-refractivity contribution is 7.15. The van der Waals surface area contributed by atoms with E-state index in [0.717, 1.165) is 17.7 Å². The fourth-order valence-corrected chi connectivity index (χ4v) is 4.36. The van der Waals surface area contributed by atoms with Crippen molar-refractivity contribution < 1.29 is 17.6 Å². The normalized spacial score (nSPS) is 22.0. The lowest BCUT2D eigenvalue weighted by molar-refractivity contribution is -0.213. The van der Waals surface area contributed by atoms with Crippen LogP contribution in [0.4, 0.5) is 13.2 Å². The van der Waals surface area contributed by atoms with Crippen LogP contribution >= 0.6 is 11.3 Å². The number of halogens is 3. The lowest BCUT2D eigenvalue weighted by Crippen LogP contribution is -2.55. The van der Waals surface area contributed by atoms with Crippen molar-refractivity contribution in [2.75, 3.05) is 6.54 Å². The van der Waals surface area contributed by atoms with E-state index < -0.39 is 12.2 Å². The molecule has 1 fully saturated rings. The molecule has 1 aliphatic heterocycles. The second kappa shape index (κ2) is 5.59. The minimum Gasteiger partial charge on any atom is -0.419 e. The van der Waals surface area contributed by atoms with E-state index in [-0.39, 0.29) is 18.9 Å². The molecule has 1 saturated heterocycles. The van der Waals surface area contributed by atoms with E-state index in [0.29, 0.717) is 12.4 Å². The minimum atomic E-state index is -4.19. The fourth-order valence-electron chi connectivity index (χ4n) is 3.19. The largest absolute Gasteiger partial charge is 0.419 e. The summed E-state index contributed by atoms with van der Waals surface area (Å²) in [6.45, 7) is 0.470. The Labute approximate surface area is 135 Å². The average molecular weight is 343 g/mol. The van der Waals surface area contributed by atoms with Crippen LogP contribution in [0.25, 0.3) is 10.8 Å². The maximum Gasteiger partial charge on any atom is 0.404 e. The summed E-state index contributed by atoms with van der Waals surface area (Å²) in [6.07, 6.45) is 0.522. The molecule has 0 spiro atoms. The van der Waals surface area contributed by atoms with Gasteiger partial charge in [0, 0.05) is 11.4 Å². The van der Waals surface area contributed by atoms with Crippen LogP contribution in [0.1, 0.15) is 35.6 Å². The summed E-state index contributed by atoms with van der Waals surface area (Å²) in [5, 5.41) is 7.93. The van der Waals surface area contributed by atoms with Crippen LogP contribution in [-0.4, -0.2) is 33.9 Å². The van der Waals surface area contributed by atoms with Crippen molar-refractivity contribution in [2.45, 2.75) is 50.9 Å². The van der Waals surface area contributed by atoms with Gasteiger partial charge in [0.15, 0.2) is 0 Å². The maximum atomic E-state index is 12.7. The fraction of sp³-hybridized carbons (Fsp3) is 0.600. The SMILES string of the molecule is FC(F)(F)[C@@H]1CCN1Cc1nnc(-c2cc3c(s2)CCCC3)o1. The number of likely N-dealkylation sites (tertiary alicyclic amines) is 1. The van der Waals surface area contributed by atoms with Crippen molar-refractivity contribution in [3.63, 3.8) is 0 Å². The van der Waals surface area contributed by atoms with Crippen molar-refractivity contribution >= 4 is 11.3 Å². The number of hydrogen-bond acceptors (Lipinski definition) is 5. The van der Waals surface area contributed by atoms with E-state index in [4.69, 9.17) is 4.42 Å². The Kier molecular flexibility index (Phi) is 3.68. The van der Waals surface area contributed by atoms with Gasteiger partial charge in [-0.2, -0.15) is 13.2 Å². The molecule has 0 saturated carbocycles. The van der Waals surface area contributed by atoms with Crippen molar-refractivity contribution in [1.29, 1.82) is 0 Å². The lowest BCUT2D eigenvalue weighted by atomic mass is 9.99. The van der Waals surface area contributed by atoms with Gasteiger partial charge in [-0.3, -0.25) is 4.90 Å². The van der Waals surface area contributed by atoms with Crippen LogP contribution in [0.2, 0.25) is 0 Å². The highest BCUT2D eigenvalue weighted by atomic mass is 32.1. The third-order valence-corrected chi connectivity index (χ3v) is 5.75. The van der Waals surface area contributed by atoms with Gasteiger partial charge >= 0.3 is 6.18 Å². The number of aryl methyl sites for hydroxylation is 2. The number of alkyl halides is 3. The van der Waals surface area contributed by atoms with Crippen molar-refractivity contribution in [2.24, 2.45) is 0 Å². The summed E-state index contributed by atoms with van der Waals surface area (Å²) in [5.74, 6) is 0.670. The van der Waals surface area contributed by atoms with Gasteiger partial charge in [-0.25, -0.2) is 0 Å². The number of aromatic nitrogens is 2. The van der Waals surface area contributed by atoms with Gasteiger partial charge in [0.2, 0.25) is 5.89 Å². The third kappa shape index (κ3) is 2.89. The van der Waals surface area contributed by atoms with Crippen LogP contribution < -0.4 is 0 Å². The van der Waals surface area contributed by atoms with Gasteiger partial charge in [-0.1, -0.05) is 0 Å². The zero-order chi connectivity index (χ0) is 16.0. The van der Waals surface area contributed by atoms with Gasteiger partial charge in [-0.05, 0) is 43.7 Å². The van der Waals surface area contributed by atoms with E-state index in [2.05, 4.69) is 16.3 Å². The second-order valence-corrected chi connectivity index (χ2v) is 7.22. The Bertz CT molecular complexity index is 686. The topological polar surface area (TPSA) is 42.2 Å². The monoisotopic (exact) mass is 343 g/mol. The molecule has 2 aliphatic rings. The average Bonchev–Trinajstić information content (AvgIpc) is 3.08. The smallest absolute Gasteiger partial charge is 0.404 e. The standard InChI is InChI=1S/C15H16F3N3OS/c16-15(17,18)12-5-6-21(12)8-13-19-20-14(22-13)11-7-9-3-1-2-4-10(9)23-11/h7,12H,1-6,8H2/t12-/m0/s1. The molecule has 0 radical (unpaired) electrons. The first-order valence-electron chi connectivity index (χ1n) is 7.76. The highest BCUT2D eigenvalue weighted by Crippen LogP contribution is 2.36. The molecule has 8 heteroatoms. The van der Waals surface area contributed by atoms with E-state index in [1.165, 1.54) is 28.2 Å². The third-order valence-electron chi connectivity index (χ3n) is 4.52. The van der Waals surface area contributed by atoms with Crippen LogP contribution in [0.3, 0.4) is 0 Å². The van der Waals surface area contributed by atoms with Crippen LogP contribution in [0, 0.1) is 0 Å². The zero-order valence-corrected chi connectivity index (χ0v) is 13.2. The Morgan fingerprint density at radius 2 is 2.09 bits per heavy atom. The molecule has 0 aromatic carbocycles. The molecule has 0 unspecified atom stereocenters. The van der Waals surface area contributed by atoms with Crippen LogP contribution in [0.15, 0.2) is 10.5 Å². The quantitative estimate of drug-likeness (QED) is 0.850. The van der Waals surface area contributed by atoms with Crippen LogP contribution in [0.5, 0.6) is 0 Å². The Hall–Kier alpha value is -1.41. The van der Waals surface area contributed by atoms with E-state index in [1.807, 2.05) is 0 Å². The molecule has 2 aromatic rings. The van der Waals surface area contributed by atoms with Crippen molar-refractivity contribution in [3.05, 3.63) is 22.4 Å². The molecule has 4 nitrogen and oxygen atoms in total. The van der Waals surface area contributed by atoms with Gasteiger partial charge < -0.3 is 4.42 Å². The van der Waals surface area contributed by atoms with Gasteiger partial charge in [-0.15, -0.1) is 21.5 Å². The number of hydrogen-bond donors (Lipinski definition) is 0. The highest BCUT2D eigenvalue weighted by Gasteiger charge is 2.48. The van der Waals surface area contributed by atoms with E-state index in [9.17, 15) is 13.2 Å². The molecule has 0 N–H and O–H groups in total. The zero-order valence-electron chi connectivity index (χ0n) is 12.4. The number of rotatable bonds is 3. The molecule has 0 amide bonds. The lowest BCUT2D eigenvalue weighted by Gasteiger charge is -2.40. The Morgan fingerprint density at radius 1 is 1.26 bits per heavy atom. The molecule has 1 atom stereocenters. The number of thiophene rings is 1. The molecule has 0 bridgehead atoms. The van der Waals surface area contributed by atoms with Crippen molar-refractivity contribution in [3.8, 4) is 10.8 Å². The van der Waals surface area contributed by atoms with Crippen molar-refractivity contribution in [1.82, 2.24) is 15.1 Å². The predicted molar refractivity (Wildman–Crippen MR) is 79.1 cm³/mol. The molecular weight excluding hydrogens is 327 g/mol. The predicted octanol–water partition coefficient (Wildman–Crippen LogP) is 3.81. The summed E-state index contributed by atoms with van der Waals surface area (Å²) in [7, 11) is 0. The number of nitrogens with zero attached hydrogens (tertiary/aromatic N) is 3. The molecule has 23 heavy (non-hydrogen) atoms. The first-order valence-corrected chi connectivity index (χ1v) is 8.57. The molecule has 124 valence electrons. The molecule has 4 rings (SSSR count). The summed E-state index contributed by atoms with van der Waals surface area (Å²) in [4.78, 5) is 3.62. The maximum absolute atomic E-state index is 12.7. The van der Waals surface area contributed by atoms with Gasteiger partial charge in [0.05, 0.1) is 11.4 Å². The minimum absolute atomic E-state index is 0.0578. The number of fused-ring (bicyclic) bond motifs is 1. The van der Waals surface area contributed by atoms with Gasteiger partial charge in [0.1, 0.15) is 6.04 Å². The molecule has 3 heterocycles. The summed E-state index contributed by atoms with van der Waals surface area (Å²) >= 11 is 1.66. The summed E-state index contributed by atoms with van der Waals surface area (Å²) in [6, 6.07) is 0.699. The summed E-state index contributed by atoms with van der Waals surface area (Å²) < 4.78 is 43.8. The molecule has 1 aliphatic carbocycles. The first kappa shape index (κ1) is 15.1. The Morgan fingerprint density at radius 3 is 2.78 bits per heavy atom. The molecule has 2 aromatic heterocycles. The molecular formula is C15H16F3N3OS. The van der Waals surface area contributed by atoms with E-state index in [1.54, 1.807) is 11.3 Å². The second-order valence-electron chi connectivity index (χ2n) is 6.08. The summed E-state index contributed by atoms with van der Waals surface area (Å²) in [5.41, 5.74) is 1.34. The van der Waals surface area contributed by atoms with Crippen LogP contribution in [-0.2, 0) is 19.4 Å².